The van der Waals surface area contributed by atoms with Crippen molar-refractivity contribution in [3.8, 4) is 0 Å². The molecule has 3 aromatic carbocycles. The standard InChI is InChI=1S/C23H23FN2O3S/c1-17(19-12-6-3-7-13-19)25-23(27)21(16-18-10-4-2-5-11-18)26-30(28,29)22-15-9-8-14-20(22)24/h2-15,17,21,26H,16H2,1H3,(H,25,27). The van der Waals surface area contributed by atoms with Crippen LogP contribution in [0.1, 0.15) is 24.1 Å². The second-order valence-electron chi connectivity index (χ2n) is 6.93. The highest BCUT2D eigenvalue weighted by molar-refractivity contribution is 7.89. The van der Waals surface area contributed by atoms with Crippen molar-refractivity contribution < 1.29 is 17.6 Å². The fourth-order valence-corrected chi connectivity index (χ4v) is 4.36. The Bertz CT molecular complexity index is 1090. The largest absolute Gasteiger partial charge is 0.348 e. The van der Waals surface area contributed by atoms with Gasteiger partial charge >= 0.3 is 0 Å². The molecule has 3 rings (SSSR count). The van der Waals surface area contributed by atoms with E-state index in [1.807, 2.05) is 55.5 Å². The minimum absolute atomic E-state index is 0.127. The summed E-state index contributed by atoms with van der Waals surface area (Å²) in [5, 5.41) is 2.85. The molecule has 0 heterocycles. The molecular formula is C23H23FN2O3S. The molecule has 5 nitrogen and oxygen atoms in total. The molecule has 0 aliphatic carbocycles. The average molecular weight is 427 g/mol. The van der Waals surface area contributed by atoms with E-state index in [9.17, 15) is 17.6 Å². The Morgan fingerprint density at radius 1 is 0.900 bits per heavy atom. The Morgan fingerprint density at radius 3 is 2.10 bits per heavy atom. The fourth-order valence-electron chi connectivity index (χ4n) is 3.09. The average Bonchev–Trinajstić information content (AvgIpc) is 2.74. The number of hydrogen-bond donors (Lipinski definition) is 2. The minimum Gasteiger partial charge on any atom is -0.348 e. The number of amides is 1. The zero-order chi connectivity index (χ0) is 21.6. The second kappa shape index (κ2) is 9.65. The van der Waals surface area contributed by atoms with Gasteiger partial charge in [0.2, 0.25) is 15.9 Å². The second-order valence-corrected chi connectivity index (χ2v) is 8.62. The zero-order valence-corrected chi connectivity index (χ0v) is 17.3. The number of rotatable bonds is 8. The summed E-state index contributed by atoms with van der Waals surface area (Å²) in [6, 6.07) is 22.0. The van der Waals surface area contributed by atoms with E-state index in [4.69, 9.17) is 0 Å². The zero-order valence-electron chi connectivity index (χ0n) is 16.5. The number of halogens is 1. The van der Waals surface area contributed by atoms with Gasteiger partial charge < -0.3 is 5.32 Å². The van der Waals surface area contributed by atoms with Crippen LogP contribution in [0.3, 0.4) is 0 Å². The quantitative estimate of drug-likeness (QED) is 0.578. The Morgan fingerprint density at radius 2 is 1.47 bits per heavy atom. The highest BCUT2D eigenvalue weighted by Crippen LogP contribution is 2.16. The van der Waals surface area contributed by atoms with Crippen molar-refractivity contribution in [2.45, 2.75) is 30.3 Å². The van der Waals surface area contributed by atoms with Crippen molar-refractivity contribution >= 4 is 15.9 Å². The molecule has 0 radical (unpaired) electrons. The molecule has 2 atom stereocenters. The molecule has 1 amide bonds. The Hall–Kier alpha value is -3.03. The van der Waals surface area contributed by atoms with E-state index in [0.717, 1.165) is 17.2 Å². The van der Waals surface area contributed by atoms with Crippen molar-refractivity contribution in [2.24, 2.45) is 0 Å². The summed E-state index contributed by atoms with van der Waals surface area (Å²) in [5.74, 6) is -1.36. The van der Waals surface area contributed by atoms with Crippen LogP contribution in [-0.4, -0.2) is 20.4 Å². The molecule has 0 bridgehead atoms. The molecule has 0 aliphatic rings. The number of hydrogen-bond acceptors (Lipinski definition) is 3. The first kappa shape index (κ1) is 21.7. The van der Waals surface area contributed by atoms with E-state index in [0.29, 0.717) is 0 Å². The summed E-state index contributed by atoms with van der Waals surface area (Å²) < 4.78 is 42.0. The molecule has 2 unspecified atom stereocenters. The van der Waals surface area contributed by atoms with Crippen LogP contribution in [0.2, 0.25) is 0 Å². The first-order chi connectivity index (χ1) is 14.4. The van der Waals surface area contributed by atoms with Crippen LogP contribution in [0.15, 0.2) is 89.8 Å². The maximum atomic E-state index is 14.1. The Labute approximate surface area is 176 Å². The molecule has 156 valence electrons. The van der Waals surface area contributed by atoms with Crippen molar-refractivity contribution in [1.29, 1.82) is 0 Å². The van der Waals surface area contributed by atoms with Gasteiger partial charge in [0.1, 0.15) is 16.8 Å². The minimum atomic E-state index is -4.24. The van der Waals surface area contributed by atoms with Gasteiger partial charge in [0, 0.05) is 0 Å². The van der Waals surface area contributed by atoms with Gasteiger partial charge in [-0.3, -0.25) is 4.79 Å². The summed E-state index contributed by atoms with van der Waals surface area (Å²) in [6.45, 7) is 1.82. The Balaban J connectivity index is 1.84. The lowest BCUT2D eigenvalue weighted by atomic mass is 10.0. The SMILES string of the molecule is CC(NC(=O)C(Cc1ccccc1)NS(=O)(=O)c1ccccc1F)c1ccccc1. The number of nitrogens with one attached hydrogen (secondary N) is 2. The molecule has 3 aromatic rings. The lowest BCUT2D eigenvalue weighted by molar-refractivity contribution is -0.123. The number of sulfonamides is 1. The number of carbonyl (C=O) groups is 1. The van der Waals surface area contributed by atoms with Gasteiger partial charge in [-0.05, 0) is 36.6 Å². The molecule has 0 saturated heterocycles. The summed E-state index contributed by atoms with van der Waals surface area (Å²) >= 11 is 0. The molecule has 0 aromatic heterocycles. The van der Waals surface area contributed by atoms with E-state index >= 15 is 0 Å². The highest BCUT2D eigenvalue weighted by Gasteiger charge is 2.28. The monoisotopic (exact) mass is 426 g/mol. The molecular weight excluding hydrogens is 403 g/mol. The van der Waals surface area contributed by atoms with Gasteiger partial charge in [-0.25, -0.2) is 12.8 Å². The van der Waals surface area contributed by atoms with Gasteiger partial charge in [-0.1, -0.05) is 72.8 Å². The van der Waals surface area contributed by atoms with Gasteiger partial charge in [0.15, 0.2) is 0 Å². The smallest absolute Gasteiger partial charge is 0.244 e. The topological polar surface area (TPSA) is 75.3 Å². The van der Waals surface area contributed by atoms with E-state index < -0.39 is 32.7 Å². The summed E-state index contributed by atoms with van der Waals surface area (Å²) in [6.07, 6.45) is 0.127. The van der Waals surface area contributed by atoms with Crippen LogP contribution in [0, 0.1) is 5.82 Å². The Kier molecular flexibility index (Phi) is 6.97. The number of benzene rings is 3. The summed E-state index contributed by atoms with van der Waals surface area (Å²) in [5.41, 5.74) is 1.67. The van der Waals surface area contributed by atoms with Crippen LogP contribution in [-0.2, 0) is 21.2 Å². The molecule has 0 fully saturated rings. The van der Waals surface area contributed by atoms with Gasteiger partial charge in [-0.15, -0.1) is 0 Å². The van der Waals surface area contributed by atoms with Crippen molar-refractivity contribution in [3.63, 3.8) is 0 Å². The third kappa shape index (κ3) is 5.52. The van der Waals surface area contributed by atoms with Crippen LogP contribution >= 0.6 is 0 Å². The maximum absolute atomic E-state index is 14.1. The predicted molar refractivity (Wildman–Crippen MR) is 114 cm³/mol. The van der Waals surface area contributed by atoms with Crippen LogP contribution in [0.5, 0.6) is 0 Å². The molecule has 0 aliphatic heterocycles. The molecule has 0 spiro atoms. The lowest BCUT2D eigenvalue weighted by Crippen LogP contribution is -2.48. The van der Waals surface area contributed by atoms with E-state index in [2.05, 4.69) is 10.0 Å². The normalized spacial score (nSPS) is 13.4. The molecule has 7 heteroatoms. The number of carbonyl (C=O) groups excluding carboxylic acids is 1. The third-order valence-corrected chi connectivity index (χ3v) is 6.19. The van der Waals surface area contributed by atoms with E-state index in [1.165, 1.54) is 18.2 Å². The predicted octanol–water partition coefficient (Wildman–Crippen LogP) is 3.59. The highest BCUT2D eigenvalue weighted by atomic mass is 32.2. The van der Waals surface area contributed by atoms with Crippen LogP contribution in [0.4, 0.5) is 4.39 Å². The van der Waals surface area contributed by atoms with Crippen molar-refractivity contribution in [3.05, 3.63) is 102 Å². The first-order valence-corrected chi connectivity index (χ1v) is 11.0. The summed E-state index contributed by atoms with van der Waals surface area (Å²) in [7, 11) is -4.24. The van der Waals surface area contributed by atoms with Crippen molar-refractivity contribution in [1.82, 2.24) is 10.0 Å². The molecule has 30 heavy (non-hydrogen) atoms. The molecule has 2 N–H and O–H groups in total. The lowest BCUT2D eigenvalue weighted by Gasteiger charge is -2.22. The first-order valence-electron chi connectivity index (χ1n) is 9.53. The van der Waals surface area contributed by atoms with Crippen LogP contribution in [0.25, 0.3) is 0 Å². The van der Waals surface area contributed by atoms with Crippen molar-refractivity contribution in [2.75, 3.05) is 0 Å². The molecule has 0 saturated carbocycles. The van der Waals surface area contributed by atoms with Gasteiger partial charge in [0.25, 0.3) is 0 Å². The van der Waals surface area contributed by atoms with Crippen LogP contribution < -0.4 is 10.0 Å². The van der Waals surface area contributed by atoms with E-state index in [1.54, 1.807) is 12.1 Å². The fraction of sp³-hybridized carbons (Fsp3) is 0.174. The van der Waals surface area contributed by atoms with E-state index in [-0.39, 0.29) is 12.5 Å². The maximum Gasteiger partial charge on any atom is 0.244 e. The summed E-state index contributed by atoms with van der Waals surface area (Å²) in [4.78, 5) is 12.5. The third-order valence-electron chi connectivity index (χ3n) is 4.68. The van der Waals surface area contributed by atoms with Gasteiger partial charge in [-0.2, -0.15) is 4.72 Å². The van der Waals surface area contributed by atoms with Gasteiger partial charge in [0.05, 0.1) is 6.04 Å².